The van der Waals surface area contributed by atoms with Gasteiger partial charge in [0.2, 0.25) is 0 Å². The van der Waals surface area contributed by atoms with E-state index in [9.17, 15) is 4.79 Å². The lowest BCUT2D eigenvalue weighted by Crippen LogP contribution is -2.16. The molecule has 8 nitrogen and oxygen atoms in total. The molecule has 0 saturated heterocycles. The summed E-state index contributed by atoms with van der Waals surface area (Å²) in [6, 6.07) is 16.3. The minimum atomic E-state index is -1.82. The quantitative estimate of drug-likeness (QED) is 0.223. The summed E-state index contributed by atoms with van der Waals surface area (Å²) < 4.78 is 0. The van der Waals surface area contributed by atoms with E-state index in [1.807, 2.05) is 24.3 Å². The summed E-state index contributed by atoms with van der Waals surface area (Å²) in [5.41, 5.74) is 5.87. The third-order valence-electron chi connectivity index (χ3n) is 4.49. The van der Waals surface area contributed by atoms with Gasteiger partial charge in [0.05, 0.1) is 0 Å². The Balaban J connectivity index is 0.000000501. The number of H-pyrrole nitrogens is 1. The molecule has 1 aromatic heterocycles. The first-order valence-corrected chi connectivity index (χ1v) is 9.51. The van der Waals surface area contributed by atoms with Crippen LogP contribution < -0.4 is 5.32 Å². The van der Waals surface area contributed by atoms with Crippen molar-refractivity contribution in [1.82, 2.24) is 10.3 Å². The number of hydrogen-bond acceptors (Lipinski definition) is 4. The summed E-state index contributed by atoms with van der Waals surface area (Å²) in [5, 5.41) is 28.2. The first kappa shape index (κ1) is 23.4. The Kier molecular flexibility index (Phi) is 8.53. The molecule has 0 amide bonds. The smallest absolute Gasteiger partial charge is 0.414 e. The summed E-state index contributed by atoms with van der Waals surface area (Å²) in [4.78, 5) is 32.2. The van der Waals surface area contributed by atoms with Crippen LogP contribution in [0.5, 0.6) is 0 Å². The molecule has 31 heavy (non-hydrogen) atoms. The van der Waals surface area contributed by atoms with Crippen LogP contribution in [0.15, 0.2) is 54.6 Å². The van der Waals surface area contributed by atoms with Gasteiger partial charge < -0.3 is 25.6 Å². The van der Waals surface area contributed by atoms with Gasteiger partial charge in [-0.25, -0.2) is 14.4 Å². The first-order valence-electron chi connectivity index (χ1n) is 9.51. The average molecular weight is 424 g/mol. The highest BCUT2D eigenvalue weighted by molar-refractivity contribution is 6.27. The molecular formula is C23H24N2O6. The maximum Gasteiger partial charge on any atom is 0.414 e. The van der Waals surface area contributed by atoms with Crippen molar-refractivity contribution >= 4 is 34.9 Å². The van der Waals surface area contributed by atoms with Crippen LogP contribution in [0, 0.1) is 6.92 Å². The molecule has 0 unspecified atom stereocenters. The number of para-hydroxylation sites is 1. The van der Waals surface area contributed by atoms with Crippen LogP contribution in [0.4, 0.5) is 0 Å². The summed E-state index contributed by atoms with van der Waals surface area (Å²) in [6.07, 6.45) is 3.73. The molecule has 0 aliphatic heterocycles. The van der Waals surface area contributed by atoms with Crippen molar-refractivity contribution in [2.24, 2.45) is 0 Å². The number of rotatable bonds is 7. The standard InChI is InChI=1S/C21H22N2O2.C2H2O4/c1-15-18(19-4-2-3-5-20(19)23-15)12-13-22-14-17-8-6-16(7-9-17)10-11-21(24)25;3-1(4)2(5)6/h2-11,22-23H,12-14H2,1H3,(H,24,25);(H,3,4)(H,5,6). The normalized spacial score (nSPS) is 10.6. The second-order valence-electron chi connectivity index (χ2n) is 6.72. The highest BCUT2D eigenvalue weighted by Crippen LogP contribution is 2.21. The van der Waals surface area contributed by atoms with Crippen LogP contribution in [-0.4, -0.2) is 44.8 Å². The van der Waals surface area contributed by atoms with Crippen molar-refractivity contribution in [2.45, 2.75) is 19.9 Å². The number of aryl methyl sites for hydroxylation is 1. The largest absolute Gasteiger partial charge is 0.478 e. The zero-order valence-corrected chi connectivity index (χ0v) is 17.0. The van der Waals surface area contributed by atoms with E-state index in [0.717, 1.165) is 31.1 Å². The SMILES string of the molecule is Cc1[nH]c2ccccc2c1CCNCc1ccc(C=CC(=O)O)cc1.O=C(O)C(=O)O. The van der Waals surface area contributed by atoms with E-state index in [4.69, 9.17) is 24.9 Å². The van der Waals surface area contributed by atoms with Crippen molar-refractivity contribution in [1.29, 1.82) is 0 Å². The number of aliphatic carboxylic acids is 3. The second-order valence-corrected chi connectivity index (χ2v) is 6.72. The fraction of sp³-hybridized carbons (Fsp3) is 0.174. The minimum absolute atomic E-state index is 0.796. The number of carboxylic acid groups (broad SMARTS) is 3. The molecule has 1 heterocycles. The zero-order valence-electron chi connectivity index (χ0n) is 17.0. The van der Waals surface area contributed by atoms with E-state index in [-0.39, 0.29) is 0 Å². The van der Waals surface area contributed by atoms with Gasteiger partial charge in [0.1, 0.15) is 0 Å². The molecule has 0 aliphatic rings. The highest BCUT2D eigenvalue weighted by Gasteiger charge is 2.07. The van der Waals surface area contributed by atoms with Gasteiger partial charge in [0.25, 0.3) is 0 Å². The third kappa shape index (κ3) is 7.45. The molecule has 2 aromatic carbocycles. The minimum Gasteiger partial charge on any atom is -0.478 e. The lowest BCUT2D eigenvalue weighted by molar-refractivity contribution is -0.159. The number of benzene rings is 2. The number of fused-ring (bicyclic) bond motifs is 1. The topological polar surface area (TPSA) is 140 Å². The monoisotopic (exact) mass is 424 g/mol. The Morgan fingerprint density at radius 1 is 0.968 bits per heavy atom. The van der Waals surface area contributed by atoms with Gasteiger partial charge in [-0.05, 0) is 48.7 Å². The fourth-order valence-electron chi connectivity index (χ4n) is 3.02. The van der Waals surface area contributed by atoms with Gasteiger partial charge in [-0.3, -0.25) is 0 Å². The molecule has 3 aromatic rings. The molecule has 0 bridgehead atoms. The Bertz CT molecular complexity index is 1070. The lowest BCUT2D eigenvalue weighted by Gasteiger charge is -2.06. The predicted octanol–water partition coefficient (Wildman–Crippen LogP) is 3.06. The Morgan fingerprint density at radius 3 is 2.23 bits per heavy atom. The Hall–Kier alpha value is -3.91. The molecule has 0 atom stereocenters. The number of aromatic amines is 1. The molecule has 5 N–H and O–H groups in total. The van der Waals surface area contributed by atoms with Crippen molar-refractivity contribution in [3.63, 3.8) is 0 Å². The molecule has 0 radical (unpaired) electrons. The molecule has 0 saturated carbocycles. The molecular weight excluding hydrogens is 400 g/mol. The zero-order chi connectivity index (χ0) is 22.8. The van der Waals surface area contributed by atoms with Crippen LogP contribution in [-0.2, 0) is 27.3 Å². The van der Waals surface area contributed by atoms with Gasteiger partial charge in [0, 0.05) is 29.2 Å². The second kappa shape index (κ2) is 11.3. The first-order chi connectivity index (χ1) is 14.8. The highest BCUT2D eigenvalue weighted by atomic mass is 16.4. The Morgan fingerprint density at radius 2 is 1.61 bits per heavy atom. The van der Waals surface area contributed by atoms with E-state index >= 15 is 0 Å². The van der Waals surface area contributed by atoms with Gasteiger partial charge in [-0.15, -0.1) is 0 Å². The van der Waals surface area contributed by atoms with E-state index in [1.54, 1.807) is 6.08 Å². The number of hydrogen-bond donors (Lipinski definition) is 5. The van der Waals surface area contributed by atoms with Crippen molar-refractivity contribution in [3.8, 4) is 0 Å². The number of aromatic nitrogens is 1. The summed E-state index contributed by atoms with van der Waals surface area (Å²) >= 11 is 0. The Labute approximate surface area is 178 Å². The summed E-state index contributed by atoms with van der Waals surface area (Å²) in [6.45, 7) is 3.83. The van der Waals surface area contributed by atoms with Crippen LogP contribution in [0.25, 0.3) is 17.0 Å². The maximum absolute atomic E-state index is 10.5. The van der Waals surface area contributed by atoms with Gasteiger partial charge in [0.15, 0.2) is 0 Å². The molecule has 8 heteroatoms. The fourth-order valence-corrected chi connectivity index (χ4v) is 3.02. The van der Waals surface area contributed by atoms with Crippen LogP contribution in [0.3, 0.4) is 0 Å². The van der Waals surface area contributed by atoms with Crippen LogP contribution in [0.2, 0.25) is 0 Å². The van der Waals surface area contributed by atoms with E-state index < -0.39 is 17.9 Å². The number of carbonyl (C=O) groups is 3. The predicted molar refractivity (Wildman–Crippen MR) is 117 cm³/mol. The molecule has 0 fully saturated rings. The maximum atomic E-state index is 10.5. The molecule has 0 aliphatic carbocycles. The molecule has 162 valence electrons. The van der Waals surface area contributed by atoms with E-state index in [2.05, 4.69) is 41.5 Å². The van der Waals surface area contributed by atoms with E-state index in [0.29, 0.717) is 0 Å². The van der Waals surface area contributed by atoms with Crippen molar-refractivity contribution in [2.75, 3.05) is 6.54 Å². The number of nitrogens with one attached hydrogen (secondary N) is 2. The summed E-state index contributed by atoms with van der Waals surface area (Å²) in [5.74, 6) is -4.58. The van der Waals surface area contributed by atoms with E-state index in [1.165, 1.54) is 27.7 Å². The van der Waals surface area contributed by atoms with Gasteiger partial charge in [-0.2, -0.15) is 0 Å². The van der Waals surface area contributed by atoms with Crippen molar-refractivity contribution in [3.05, 3.63) is 77.0 Å². The van der Waals surface area contributed by atoms with Gasteiger partial charge in [-0.1, -0.05) is 42.5 Å². The summed E-state index contributed by atoms with van der Waals surface area (Å²) in [7, 11) is 0. The average Bonchev–Trinajstić information content (AvgIpc) is 3.06. The molecule has 3 rings (SSSR count). The third-order valence-corrected chi connectivity index (χ3v) is 4.49. The van der Waals surface area contributed by atoms with Crippen LogP contribution in [0.1, 0.15) is 22.4 Å². The lowest BCUT2D eigenvalue weighted by atomic mass is 10.1. The van der Waals surface area contributed by atoms with Crippen LogP contribution >= 0.6 is 0 Å². The van der Waals surface area contributed by atoms with Crippen molar-refractivity contribution < 1.29 is 29.7 Å². The molecule has 0 spiro atoms. The van der Waals surface area contributed by atoms with Gasteiger partial charge >= 0.3 is 17.9 Å². The number of carboxylic acids is 3.